The monoisotopic (exact) mass is 310 g/mol. The number of hydrogen-bond acceptors (Lipinski definition) is 2. The Bertz CT molecular complexity index is 436. The number of rotatable bonds is 2. The lowest BCUT2D eigenvalue weighted by atomic mass is 9.90. The first-order valence-electron chi connectivity index (χ1n) is 6.42. The SMILES string of the molecule is CCC1CN(C(=O)c2cccc(Br)c2)CCC1N. The lowest BCUT2D eigenvalue weighted by Crippen LogP contribution is -2.49. The molecule has 1 aliphatic rings. The van der Waals surface area contributed by atoms with Crippen molar-refractivity contribution >= 4 is 21.8 Å². The maximum absolute atomic E-state index is 12.4. The molecule has 18 heavy (non-hydrogen) atoms. The second kappa shape index (κ2) is 5.85. The topological polar surface area (TPSA) is 46.3 Å². The molecule has 1 aromatic rings. The van der Waals surface area contributed by atoms with Gasteiger partial charge in [-0.2, -0.15) is 0 Å². The molecular weight excluding hydrogens is 292 g/mol. The average molecular weight is 311 g/mol. The highest BCUT2D eigenvalue weighted by atomic mass is 79.9. The van der Waals surface area contributed by atoms with Crippen LogP contribution in [0.1, 0.15) is 30.1 Å². The first-order valence-corrected chi connectivity index (χ1v) is 7.21. The maximum Gasteiger partial charge on any atom is 0.253 e. The fourth-order valence-corrected chi connectivity index (χ4v) is 2.87. The summed E-state index contributed by atoms with van der Waals surface area (Å²) in [5.41, 5.74) is 6.81. The number of hydrogen-bond donors (Lipinski definition) is 1. The van der Waals surface area contributed by atoms with Gasteiger partial charge in [-0.3, -0.25) is 4.79 Å². The predicted molar refractivity (Wildman–Crippen MR) is 76.4 cm³/mol. The van der Waals surface area contributed by atoms with Crippen LogP contribution in [0.2, 0.25) is 0 Å². The van der Waals surface area contributed by atoms with Crippen LogP contribution in [0.5, 0.6) is 0 Å². The fraction of sp³-hybridized carbons (Fsp3) is 0.500. The van der Waals surface area contributed by atoms with Crippen LogP contribution in [0.15, 0.2) is 28.7 Å². The van der Waals surface area contributed by atoms with E-state index in [1.165, 1.54) is 0 Å². The molecule has 98 valence electrons. The van der Waals surface area contributed by atoms with Gasteiger partial charge in [0.25, 0.3) is 5.91 Å². The minimum atomic E-state index is 0.113. The van der Waals surface area contributed by atoms with Crippen molar-refractivity contribution < 1.29 is 4.79 Å². The van der Waals surface area contributed by atoms with Crippen molar-refractivity contribution in [2.24, 2.45) is 11.7 Å². The molecular formula is C14H19BrN2O. The summed E-state index contributed by atoms with van der Waals surface area (Å²) in [5, 5.41) is 0. The Kier molecular flexibility index (Phi) is 4.40. The summed E-state index contributed by atoms with van der Waals surface area (Å²) in [5.74, 6) is 0.538. The van der Waals surface area contributed by atoms with Crippen LogP contribution in [0.4, 0.5) is 0 Å². The van der Waals surface area contributed by atoms with Crippen LogP contribution >= 0.6 is 15.9 Å². The van der Waals surface area contributed by atoms with E-state index in [1.54, 1.807) is 0 Å². The standard InChI is InChI=1S/C14H19BrN2O/c1-2-10-9-17(7-6-13(10)16)14(18)11-4-3-5-12(15)8-11/h3-5,8,10,13H,2,6-7,9,16H2,1H3. The molecule has 1 aliphatic heterocycles. The Balaban J connectivity index is 2.10. The Morgan fingerprint density at radius 1 is 1.56 bits per heavy atom. The molecule has 0 saturated carbocycles. The van der Waals surface area contributed by atoms with Gasteiger partial charge in [0.2, 0.25) is 0 Å². The summed E-state index contributed by atoms with van der Waals surface area (Å²) in [4.78, 5) is 14.3. The molecule has 1 amide bonds. The fourth-order valence-electron chi connectivity index (χ4n) is 2.47. The van der Waals surface area contributed by atoms with Crippen molar-refractivity contribution in [1.82, 2.24) is 4.90 Å². The van der Waals surface area contributed by atoms with E-state index >= 15 is 0 Å². The van der Waals surface area contributed by atoms with E-state index < -0.39 is 0 Å². The van der Waals surface area contributed by atoms with Crippen molar-refractivity contribution in [2.45, 2.75) is 25.8 Å². The molecule has 0 aliphatic carbocycles. The number of halogens is 1. The zero-order valence-corrected chi connectivity index (χ0v) is 12.2. The van der Waals surface area contributed by atoms with Crippen molar-refractivity contribution in [3.05, 3.63) is 34.3 Å². The molecule has 1 heterocycles. The summed E-state index contributed by atoms with van der Waals surface area (Å²) in [7, 11) is 0. The molecule has 1 fully saturated rings. The maximum atomic E-state index is 12.4. The van der Waals surface area contributed by atoms with Gasteiger partial charge < -0.3 is 10.6 Å². The minimum absolute atomic E-state index is 0.113. The number of nitrogens with two attached hydrogens (primary N) is 1. The van der Waals surface area contributed by atoms with Crippen molar-refractivity contribution in [1.29, 1.82) is 0 Å². The van der Waals surface area contributed by atoms with E-state index in [2.05, 4.69) is 22.9 Å². The quantitative estimate of drug-likeness (QED) is 0.913. The number of nitrogens with zero attached hydrogens (tertiary/aromatic N) is 1. The molecule has 0 spiro atoms. The number of likely N-dealkylation sites (tertiary alicyclic amines) is 1. The molecule has 4 heteroatoms. The van der Waals surface area contributed by atoms with Gasteiger partial charge in [-0.1, -0.05) is 35.3 Å². The summed E-state index contributed by atoms with van der Waals surface area (Å²) in [6.07, 6.45) is 1.93. The van der Waals surface area contributed by atoms with Gasteiger partial charge in [0.1, 0.15) is 0 Å². The van der Waals surface area contributed by atoms with Crippen molar-refractivity contribution in [3.8, 4) is 0 Å². The molecule has 0 bridgehead atoms. The van der Waals surface area contributed by atoms with E-state index in [-0.39, 0.29) is 11.9 Å². The summed E-state index contributed by atoms with van der Waals surface area (Å²) < 4.78 is 0.939. The lowest BCUT2D eigenvalue weighted by molar-refractivity contribution is 0.0649. The van der Waals surface area contributed by atoms with Gasteiger partial charge in [0, 0.05) is 29.2 Å². The van der Waals surface area contributed by atoms with Crippen LogP contribution in [0.25, 0.3) is 0 Å². The molecule has 2 atom stereocenters. The molecule has 1 aromatic carbocycles. The van der Waals surface area contributed by atoms with Crippen molar-refractivity contribution in [3.63, 3.8) is 0 Å². The number of carbonyl (C=O) groups is 1. The second-order valence-corrected chi connectivity index (χ2v) is 5.80. The van der Waals surface area contributed by atoms with E-state index in [1.807, 2.05) is 29.2 Å². The largest absolute Gasteiger partial charge is 0.338 e. The van der Waals surface area contributed by atoms with E-state index in [0.29, 0.717) is 5.92 Å². The molecule has 2 N–H and O–H groups in total. The molecule has 0 aromatic heterocycles. The predicted octanol–water partition coefficient (Wildman–Crippen LogP) is 2.65. The Hall–Kier alpha value is -0.870. The lowest BCUT2D eigenvalue weighted by Gasteiger charge is -2.36. The molecule has 1 saturated heterocycles. The van der Waals surface area contributed by atoms with Gasteiger partial charge in [-0.25, -0.2) is 0 Å². The smallest absolute Gasteiger partial charge is 0.253 e. The van der Waals surface area contributed by atoms with Gasteiger partial charge in [-0.15, -0.1) is 0 Å². The van der Waals surface area contributed by atoms with Crippen LogP contribution in [-0.4, -0.2) is 29.9 Å². The third-order valence-corrected chi connectivity index (χ3v) is 4.17. The third-order valence-electron chi connectivity index (χ3n) is 3.68. The van der Waals surface area contributed by atoms with E-state index in [0.717, 1.165) is 36.0 Å². The van der Waals surface area contributed by atoms with Crippen LogP contribution in [-0.2, 0) is 0 Å². The Morgan fingerprint density at radius 3 is 3.00 bits per heavy atom. The molecule has 0 radical (unpaired) electrons. The van der Waals surface area contributed by atoms with Crippen LogP contribution < -0.4 is 5.73 Å². The summed E-state index contributed by atoms with van der Waals surface area (Å²) in [6, 6.07) is 7.80. The van der Waals surface area contributed by atoms with E-state index in [9.17, 15) is 4.79 Å². The highest BCUT2D eigenvalue weighted by molar-refractivity contribution is 9.10. The van der Waals surface area contributed by atoms with Gasteiger partial charge in [0.05, 0.1) is 0 Å². The summed E-state index contributed by atoms with van der Waals surface area (Å²) in [6.45, 7) is 3.68. The average Bonchev–Trinajstić information content (AvgIpc) is 2.38. The normalized spacial score (nSPS) is 24.1. The zero-order chi connectivity index (χ0) is 13.1. The number of carbonyl (C=O) groups excluding carboxylic acids is 1. The minimum Gasteiger partial charge on any atom is -0.338 e. The number of benzene rings is 1. The van der Waals surface area contributed by atoms with E-state index in [4.69, 9.17) is 5.73 Å². The van der Waals surface area contributed by atoms with Crippen LogP contribution in [0, 0.1) is 5.92 Å². The van der Waals surface area contributed by atoms with Crippen molar-refractivity contribution in [2.75, 3.05) is 13.1 Å². The first-order chi connectivity index (χ1) is 8.61. The highest BCUT2D eigenvalue weighted by Crippen LogP contribution is 2.21. The summed E-state index contributed by atoms with van der Waals surface area (Å²) >= 11 is 3.40. The first kappa shape index (κ1) is 13.6. The molecule has 3 nitrogen and oxygen atoms in total. The van der Waals surface area contributed by atoms with Gasteiger partial charge >= 0.3 is 0 Å². The Morgan fingerprint density at radius 2 is 2.33 bits per heavy atom. The number of piperidine rings is 1. The Labute approximate surface area is 116 Å². The van der Waals surface area contributed by atoms with Crippen LogP contribution in [0.3, 0.4) is 0 Å². The zero-order valence-electron chi connectivity index (χ0n) is 10.6. The molecule has 2 rings (SSSR count). The number of amides is 1. The highest BCUT2D eigenvalue weighted by Gasteiger charge is 2.28. The third kappa shape index (κ3) is 2.93. The van der Waals surface area contributed by atoms with Gasteiger partial charge in [0.15, 0.2) is 0 Å². The van der Waals surface area contributed by atoms with Gasteiger partial charge in [-0.05, 0) is 30.5 Å². The second-order valence-electron chi connectivity index (χ2n) is 4.88. The molecule has 2 unspecified atom stereocenters.